The maximum atomic E-state index is 12.2. The second-order valence-corrected chi connectivity index (χ2v) is 7.79. The molecule has 3 aromatic rings. The number of thiophene rings is 1. The van der Waals surface area contributed by atoms with Gasteiger partial charge in [0.2, 0.25) is 0 Å². The Labute approximate surface area is 145 Å². The van der Waals surface area contributed by atoms with E-state index in [9.17, 15) is 4.79 Å². The van der Waals surface area contributed by atoms with Crippen LogP contribution in [0.3, 0.4) is 0 Å². The highest BCUT2D eigenvalue weighted by Gasteiger charge is 2.26. The molecule has 2 aromatic heterocycles. The molecule has 1 aliphatic rings. The lowest BCUT2D eigenvalue weighted by Gasteiger charge is -2.19. The molecule has 1 atom stereocenters. The van der Waals surface area contributed by atoms with Gasteiger partial charge in [-0.25, -0.2) is 4.98 Å². The second kappa shape index (κ2) is 5.71. The maximum absolute atomic E-state index is 12.2. The van der Waals surface area contributed by atoms with Gasteiger partial charge < -0.3 is 5.73 Å². The van der Waals surface area contributed by atoms with Gasteiger partial charge in [0.05, 0.1) is 11.3 Å². The van der Waals surface area contributed by atoms with Crippen molar-refractivity contribution in [1.29, 1.82) is 0 Å². The summed E-state index contributed by atoms with van der Waals surface area (Å²) in [7, 11) is 0. The number of aryl methyl sites for hydroxylation is 2. The predicted octanol–water partition coefficient (Wildman–Crippen LogP) is 4.50. The van der Waals surface area contributed by atoms with Crippen LogP contribution in [-0.2, 0) is 12.8 Å². The molecule has 0 aliphatic heterocycles. The molecule has 2 heterocycles. The van der Waals surface area contributed by atoms with Gasteiger partial charge in [0.1, 0.15) is 4.83 Å². The van der Waals surface area contributed by atoms with Crippen molar-refractivity contribution >= 4 is 27.5 Å². The summed E-state index contributed by atoms with van der Waals surface area (Å²) in [5.74, 6) is 0.312. The Kier molecular flexibility index (Phi) is 3.65. The topological polar surface area (TPSA) is 56.0 Å². The van der Waals surface area contributed by atoms with E-state index in [-0.39, 0.29) is 0 Å². The minimum Gasteiger partial charge on any atom is -0.366 e. The molecule has 0 fully saturated rings. The van der Waals surface area contributed by atoms with Crippen LogP contribution in [0.5, 0.6) is 0 Å². The predicted molar refractivity (Wildman–Crippen MR) is 99.5 cm³/mol. The Hall–Kier alpha value is -2.20. The van der Waals surface area contributed by atoms with Crippen LogP contribution in [0.1, 0.15) is 39.8 Å². The molecule has 1 aromatic carbocycles. The van der Waals surface area contributed by atoms with E-state index in [1.165, 1.54) is 16.9 Å². The van der Waals surface area contributed by atoms with Gasteiger partial charge in [-0.15, -0.1) is 11.3 Å². The summed E-state index contributed by atoms with van der Waals surface area (Å²) in [6.45, 7) is 4.19. The number of amides is 1. The number of aromatic nitrogens is 1. The Morgan fingerprint density at radius 2 is 2.04 bits per heavy atom. The number of hydrogen-bond donors (Lipinski definition) is 1. The van der Waals surface area contributed by atoms with Crippen molar-refractivity contribution in [3.8, 4) is 11.1 Å². The Balaban J connectivity index is 2.13. The summed E-state index contributed by atoms with van der Waals surface area (Å²) in [4.78, 5) is 19.4. The number of primary amides is 1. The first-order valence-electron chi connectivity index (χ1n) is 8.36. The van der Waals surface area contributed by atoms with E-state index in [4.69, 9.17) is 10.7 Å². The monoisotopic (exact) mass is 336 g/mol. The van der Waals surface area contributed by atoms with Crippen LogP contribution >= 0.6 is 11.3 Å². The number of nitrogens with two attached hydrogens (primary N) is 1. The third-order valence-corrected chi connectivity index (χ3v) is 6.08. The Bertz CT molecular complexity index is 943. The van der Waals surface area contributed by atoms with E-state index >= 15 is 0 Å². The molecule has 4 heteroatoms. The molecule has 0 unspecified atom stereocenters. The van der Waals surface area contributed by atoms with Gasteiger partial charge in [0.15, 0.2) is 0 Å². The Morgan fingerprint density at radius 3 is 2.75 bits per heavy atom. The second-order valence-electron chi connectivity index (χ2n) is 6.71. The number of fused-ring (bicyclic) bond motifs is 3. The van der Waals surface area contributed by atoms with Crippen LogP contribution in [0, 0.1) is 12.8 Å². The van der Waals surface area contributed by atoms with Gasteiger partial charge in [-0.1, -0.05) is 37.3 Å². The lowest BCUT2D eigenvalue weighted by Crippen LogP contribution is -2.16. The largest absolute Gasteiger partial charge is 0.366 e. The van der Waals surface area contributed by atoms with Gasteiger partial charge in [0.25, 0.3) is 5.91 Å². The maximum Gasteiger partial charge on any atom is 0.251 e. The first kappa shape index (κ1) is 15.3. The lowest BCUT2D eigenvalue weighted by atomic mass is 9.86. The summed E-state index contributed by atoms with van der Waals surface area (Å²) in [6.07, 6.45) is 3.35. The number of hydrogen-bond acceptors (Lipinski definition) is 3. The molecule has 122 valence electrons. The molecule has 3 nitrogen and oxygen atoms in total. The molecular formula is C20H20N2OS. The first-order valence-corrected chi connectivity index (χ1v) is 9.18. The fraction of sp³-hybridized carbons (Fsp3) is 0.300. The van der Waals surface area contributed by atoms with Crippen LogP contribution in [0.25, 0.3) is 21.3 Å². The minimum atomic E-state index is -0.398. The average Bonchev–Trinajstić information content (AvgIpc) is 2.90. The molecule has 0 saturated carbocycles. The average molecular weight is 336 g/mol. The lowest BCUT2D eigenvalue weighted by molar-refractivity contribution is 0.1000. The normalized spacial score (nSPS) is 17.0. The summed E-state index contributed by atoms with van der Waals surface area (Å²) in [5.41, 5.74) is 10.4. The molecule has 0 radical (unpaired) electrons. The van der Waals surface area contributed by atoms with E-state index < -0.39 is 5.91 Å². The molecular weight excluding hydrogens is 316 g/mol. The number of rotatable bonds is 2. The molecule has 1 amide bonds. The third-order valence-electron chi connectivity index (χ3n) is 4.93. The summed E-state index contributed by atoms with van der Waals surface area (Å²) >= 11 is 1.78. The SMILES string of the molecule is Cc1nc2sc3c(c2c(-c2ccccc2)c1C(N)=O)CC[C@H](C)C3. The summed E-state index contributed by atoms with van der Waals surface area (Å²) in [6, 6.07) is 10.1. The van der Waals surface area contributed by atoms with Gasteiger partial charge in [-0.05, 0) is 43.2 Å². The molecule has 24 heavy (non-hydrogen) atoms. The van der Waals surface area contributed by atoms with E-state index in [1.807, 2.05) is 25.1 Å². The van der Waals surface area contributed by atoms with Crippen molar-refractivity contribution in [3.63, 3.8) is 0 Å². The fourth-order valence-corrected chi connectivity index (χ4v) is 5.22. The highest BCUT2D eigenvalue weighted by molar-refractivity contribution is 7.19. The zero-order valence-electron chi connectivity index (χ0n) is 13.9. The van der Waals surface area contributed by atoms with Gasteiger partial charge >= 0.3 is 0 Å². The van der Waals surface area contributed by atoms with Crippen LogP contribution in [0.2, 0.25) is 0 Å². The number of carbonyl (C=O) groups is 1. The number of nitrogens with zero attached hydrogens (tertiary/aromatic N) is 1. The highest BCUT2D eigenvalue weighted by Crippen LogP contribution is 2.43. The van der Waals surface area contributed by atoms with E-state index in [0.717, 1.165) is 39.9 Å². The molecule has 0 saturated heterocycles. The van der Waals surface area contributed by atoms with Gasteiger partial charge in [-0.3, -0.25) is 4.79 Å². The van der Waals surface area contributed by atoms with Crippen LogP contribution in [0.4, 0.5) is 0 Å². The molecule has 0 spiro atoms. The quantitative estimate of drug-likeness (QED) is 0.749. The molecule has 2 N–H and O–H groups in total. The van der Waals surface area contributed by atoms with E-state index in [1.54, 1.807) is 11.3 Å². The smallest absolute Gasteiger partial charge is 0.251 e. The Morgan fingerprint density at radius 1 is 1.29 bits per heavy atom. The zero-order valence-corrected chi connectivity index (χ0v) is 14.7. The molecule has 4 rings (SSSR count). The van der Waals surface area contributed by atoms with Crippen molar-refractivity contribution < 1.29 is 4.79 Å². The van der Waals surface area contributed by atoms with Gasteiger partial charge in [-0.2, -0.15) is 0 Å². The van der Waals surface area contributed by atoms with E-state index in [0.29, 0.717) is 11.5 Å². The molecule has 0 bridgehead atoms. The van der Waals surface area contributed by atoms with Crippen molar-refractivity contribution in [1.82, 2.24) is 4.98 Å². The van der Waals surface area contributed by atoms with Crippen molar-refractivity contribution in [3.05, 3.63) is 52.0 Å². The summed E-state index contributed by atoms with van der Waals surface area (Å²) < 4.78 is 0. The highest BCUT2D eigenvalue weighted by atomic mass is 32.1. The number of pyridine rings is 1. The molecule has 1 aliphatic carbocycles. The van der Waals surface area contributed by atoms with Crippen LogP contribution in [0.15, 0.2) is 30.3 Å². The van der Waals surface area contributed by atoms with E-state index in [2.05, 4.69) is 19.1 Å². The number of carbonyl (C=O) groups excluding carboxylic acids is 1. The van der Waals surface area contributed by atoms with Crippen LogP contribution in [-0.4, -0.2) is 10.9 Å². The van der Waals surface area contributed by atoms with Gasteiger partial charge in [0, 0.05) is 15.8 Å². The zero-order chi connectivity index (χ0) is 16.8. The standard InChI is InChI=1S/C20H20N2OS/c1-11-8-9-14-15(10-11)24-20-18(14)17(13-6-4-3-5-7-13)16(19(21)23)12(2)22-20/h3-7,11H,8-10H2,1-2H3,(H2,21,23)/t11-/m0/s1. The minimum absolute atomic E-state index is 0.398. The van der Waals surface area contributed by atoms with Crippen molar-refractivity contribution in [2.45, 2.75) is 33.1 Å². The number of benzene rings is 1. The van der Waals surface area contributed by atoms with Crippen molar-refractivity contribution in [2.75, 3.05) is 0 Å². The van der Waals surface area contributed by atoms with Crippen LogP contribution < -0.4 is 5.73 Å². The summed E-state index contributed by atoms with van der Waals surface area (Å²) in [5, 5.41) is 1.15. The van der Waals surface area contributed by atoms with Crippen molar-refractivity contribution in [2.24, 2.45) is 11.7 Å². The first-order chi connectivity index (χ1) is 11.6. The third kappa shape index (κ3) is 2.33. The fourth-order valence-electron chi connectivity index (χ4n) is 3.78.